The minimum absolute atomic E-state index is 0.0579. The van der Waals surface area contributed by atoms with Crippen LogP contribution in [0, 0.1) is 27.7 Å². The summed E-state index contributed by atoms with van der Waals surface area (Å²) in [6.07, 6.45) is 0.362. The van der Waals surface area contributed by atoms with Gasteiger partial charge < -0.3 is 0 Å². The molecule has 1 saturated heterocycles. The standard InChI is InChI=1S/C15H23NO4S2/c1-10-8-11(2)13(4)15(12(10)3)22(19,20)16(5)14-6-7-21(17,18)9-14/h8,14H,6-7,9H2,1-5H3/t14-/m0/s1. The first-order valence-electron chi connectivity index (χ1n) is 7.23. The second-order valence-electron chi connectivity index (χ2n) is 6.17. The molecule has 0 spiro atoms. The summed E-state index contributed by atoms with van der Waals surface area (Å²) in [6.45, 7) is 7.38. The van der Waals surface area contributed by atoms with Gasteiger partial charge >= 0.3 is 0 Å². The highest BCUT2D eigenvalue weighted by atomic mass is 32.2. The van der Waals surface area contributed by atoms with Crippen molar-refractivity contribution in [3.05, 3.63) is 28.3 Å². The number of hydrogen-bond acceptors (Lipinski definition) is 4. The fourth-order valence-electron chi connectivity index (χ4n) is 2.97. The minimum atomic E-state index is -3.71. The maximum atomic E-state index is 13.0. The van der Waals surface area contributed by atoms with E-state index in [4.69, 9.17) is 0 Å². The Bertz CT molecular complexity index is 784. The van der Waals surface area contributed by atoms with Gasteiger partial charge in [-0.3, -0.25) is 0 Å². The first kappa shape index (κ1) is 17.4. The van der Waals surface area contributed by atoms with E-state index in [1.807, 2.05) is 19.9 Å². The highest BCUT2D eigenvalue weighted by Gasteiger charge is 2.37. The maximum absolute atomic E-state index is 13.0. The molecular formula is C15H23NO4S2. The van der Waals surface area contributed by atoms with E-state index in [-0.39, 0.29) is 11.5 Å². The molecule has 22 heavy (non-hydrogen) atoms. The van der Waals surface area contributed by atoms with Crippen LogP contribution in [0.25, 0.3) is 0 Å². The number of aryl methyl sites for hydroxylation is 2. The fraction of sp³-hybridized carbons (Fsp3) is 0.600. The molecule has 0 unspecified atom stereocenters. The molecule has 124 valence electrons. The number of sulfone groups is 1. The van der Waals surface area contributed by atoms with Crippen LogP contribution >= 0.6 is 0 Å². The van der Waals surface area contributed by atoms with Gasteiger partial charge in [-0.1, -0.05) is 6.07 Å². The summed E-state index contributed by atoms with van der Waals surface area (Å²) >= 11 is 0. The summed E-state index contributed by atoms with van der Waals surface area (Å²) in [6, 6.07) is 1.50. The average molecular weight is 345 g/mol. The van der Waals surface area contributed by atoms with E-state index in [1.165, 1.54) is 11.4 Å². The van der Waals surface area contributed by atoms with Gasteiger partial charge in [0.05, 0.1) is 16.4 Å². The number of benzene rings is 1. The van der Waals surface area contributed by atoms with Crippen LogP contribution in [-0.2, 0) is 19.9 Å². The molecule has 1 aliphatic heterocycles. The molecule has 2 rings (SSSR count). The molecule has 5 nitrogen and oxygen atoms in total. The lowest BCUT2D eigenvalue weighted by molar-refractivity contribution is 0.393. The number of hydrogen-bond donors (Lipinski definition) is 0. The molecule has 0 N–H and O–H groups in total. The molecule has 1 aromatic carbocycles. The smallest absolute Gasteiger partial charge is 0.229 e. The van der Waals surface area contributed by atoms with E-state index < -0.39 is 25.9 Å². The molecule has 0 aromatic heterocycles. The highest BCUT2D eigenvalue weighted by Crippen LogP contribution is 2.30. The zero-order valence-corrected chi connectivity index (χ0v) is 15.3. The Morgan fingerprint density at radius 2 is 1.59 bits per heavy atom. The number of sulfonamides is 1. The molecule has 7 heteroatoms. The predicted molar refractivity (Wildman–Crippen MR) is 87.4 cm³/mol. The average Bonchev–Trinajstić information content (AvgIpc) is 2.76. The van der Waals surface area contributed by atoms with E-state index in [2.05, 4.69) is 0 Å². The second kappa shape index (κ2) is 5.62. The van der Waals surface area contributed by atoms with Crippen LogP contribution in [0.4, 0.5) is 0 Å². The molecule has 0 bridgehead atoms. The molecule has 1 atom stereocenters. The molecule has 1 heterocycles. The minimum Gasteiger partial charge on any atom is -0.229 e. The molecule has 1 aromatic rings. The van der Waals surface area contributed by atoms with E-state index in [0.29, 0.717) is 11.3 Å². The zero-order valence-electron chi connectivity index (χ0n) is 13.7. The predicted octanol–water partition coefficient (Wildman–Crippen LogP) is 1.73. The summed E-state index contributed by atoms with van der Waals surface area (Å²) in [7, 11) is -5.35. The van der Waals surface area contributed by atoms with Crippen molar-refractivity contribution in [1.82, 2.24) is 4.31 Å². The van der Waals surface area contributed by atoms with Gasteiger partial charge in [-0.15, -0.1) is 0 Å². The normalized spacial score (nSPS) is 21.5. The monoisotopic (exact) mass is 345 g/mol. The number of rotatable bonds is 3. The first-order valence-corrected chi connectivity index (χ1v) is 10.5. The van der Waals surface area contributed by atoms with Crippen LogP contribution < -0.4 is 0 Å². The molecule has 1 fully saturated rings. The van der Waals surface area contributed by atoms with Crippen molar-refractivity contribution in [2.24, 2.45) is 0 Å². The van der Waals surface area contributed by atoms with Crippen LogP contribution in [0.5, 0.6) is 0 Å². The molecule has 1 aliphatic rings. The summed E-state index contributed by atoms with van der Waals surface area (Å²) in [5.74, 6) is -0.0338. The SMILES string of the molecule is Cc1cc(C)c(C)c(S(=O)(=O)N(C)[C@H]2CCS(=O)(=O)C2)c1C. The molecular weight excluding hydrogens is 322 g/mol. The van der Waals surface area contributed by atoms with Crippen molar-refractivity contribution in [2.75, 3.05) is 18.6 Å². The lowest BCUT2D eigenvalue weighted by Gasteiger charge is -2.26. The largest absolute Gasteiger partial charge is 0.243 e. The number of nitrogens with zero attached hydrogens (tertiary/aromatic N) is 1. The van der Waals surface area contributed by atoms with Gasteiger partial charge in [0.25, 0.3) is 0 Å². The van der Waals surface area contributed by atoms with Crippen molar-refractivity contribution in [1.29, 1.82) is 0 Å². The Morgan fingerprint density at radius 3 is 2.00 bits per heavy atom. The Hall–Kier alpha value is -0.920. The van der Waals surface area contributed by atoms with Gasteiger partial charge in [0.2, 0.25) is 10.0 Å². The second-order valence-corrected chi connectivity index (χ2v) is 10.3. The van der Waals surface area contributed by atoms with Crippen molar-refractivity contribution < 1.29 is 16.8 Å². The molecule has 0 amide bonds. The van der Waals surface area contributed by atoms with Crippen LogP contribution in [-0.4, -0.2) is 45.7 Å². The Morgan fingerprint density at radius 1 is 1.09 bits per heavy atom. The lowest BCUT2D eigenvalue weighted by atomic mass is 10.0. The van der Waals surface area contributed by atoms with Crippen molar-refractivity contribution in [2.45, 2.75) is 45.1 Å². The van der Waals surface area contributed by atoms with Crippen LogP contribution in [0.3, 0.4) is 0 Å². The fourth-order valence-corrected chi connectivity index (χ4v) is 6.80. The van der Waals surface area contributed by atoms with Gasteiger partial charge in [0.15, 0.2) is 9.84 Å². The lowest BCUT2D eigenvalue weighted by Crippen LogP contribution is -2.38. The molecule has 0 radical (unpaired) electrons. The van der Waals surface area contributed by atoms with Gasteiger partial charge in [0, 0.05) is 13.1 Å². The van der Waals surface area contributed by atoms with Crippen molar-refractivity contribution >= 4 is 19.9 Å². The van der Waals surface area contributed by atoms with E-state index in [0.717, 1.165) is 22.3 Å². The zero-order chi connectivity index (χ0) is 16.9. The van der Waals surface area contributed by atoms with Gasteiger partial charge in [0.1, 0.15) is 0 Å². The first-order chi connectivity index (χ1) is 9.97. The Kier molecular flexibility index (Phi) is 4.45. The molecule has 0 saturated carbocycles. The van der Waals surface area contributed by atoms with Gasteiger partial charge in [-0.05, 0) is 56.4 Å². The van der Waals surface area contributed by atoms with Gasteiger partial charge in [-0.2, -0.15) is 4.31 Å². The van der Waals surface area contributed by atoms with E-state index in [9.17, 15) is 16.8 Å². The highest BCUT2D eigenvalue weighted by molar-refractivity contribution is 7.92. The third-order valence-corrected chi connectivity index (χ3v) is 8.59. The third kappa shape index (κ3) is 2.94. The van der Waals surface area contributed by atoms with Crippen molar-refractivity contribution in [3.63, 3.8) is 0 Å². The topological polar surface area (TPSA) is 71.5 Å². The van der Waals surface area contributed by atoms with Crippen LogP contribution in [0.2, 0.25) is 0 Å². The van der Waals surface area contributed by atoms with E-state index >= 15 is 0 Å². The molecule has 0 aliphatic carbocycles. The summed E-state index contributed by atoms with van der Waals surface area (Å²) < 4.78 is 50.5. The van der Waals surface area contributed by atoms with Crippen molar-refractivity contribution in [3.8, 4) is 0 Å². The van der Waals surface area contributed by atoms with Gasteiger partial charge in [-0.25, -0.2) is 16.8 Å². The summed E-state index contributed by atoms with van der Waals surface area (Å²) in [5, 5.41) is 0. The maximum Gasteiger partial charge on any atom is 0.243 e. The Labute approximate surface area is 133 Å². The van der Waals surface area contributed by atoms with Crippen LogP contribution in [0.15, 0.2) is 11.0 Å². The quantitative estimate of drug-likeness (QED) is 0.836. The third-order valence-electron chi connectivity index (χ3n) is 4.66. The Balaban J connectivity index is 2.52. The van der Waals surface area contributed by atoms with E-state index in [1.54, 1.807) is 13.8 Å². The van der Waals surface area contributed by atoms with Crippen LogP contribution in [0.1, 0.15) is 28.7 Å². The summed E-state index contributed by atoms with van der Waals surface area (Å²) in [5.41, 5.74) is 3.31. The summed E-state index contributed by atoms with van der Waals surface area (Å²) in [4.78, 5) is 0.316.